The van der Waals surface area contributed by atoms with Crippen LogP contribution in [0.1, 0.15) is 13.8 Å². The van der Waals surface area contributed by atoms with Crippen LogP contribution < -0.4 is 5.32 Å². The van der Waals surface area contributed by atoms with Crippen molar-refractivity contribution in [2.75, 3.05) is 33.3 Å². The van der Waals surface area contributed by atoms with Crippen LogP contribution in [0.4, 0.5) is 0 Å². The highest BCUT2D eigenvalue weighted by Crippen LogP contribution is 2.16. The van der Waals surface area contributed by atoms with E-state index in [4.69, 9.17) is 4.74 Å². The number of ether oxygens (including phenoxy) is 1. The van der Waals surface area contributed by atoms with E-state index >= 15 is 0 Å². The monoisotopic (exact) mass is 196 g/mol. The van der Waals surface area contributed by atoms with Gasteiger partial charge in [-0.2, -0.15) is 0 Å². The average molecular weight is 196 g/mol. The first kappa shape index (κ1) is 11.1. The summed E-state index contributed by atoms with van der Waals surface area (Å²) in [6.45, 7) is 8.28. The zero-order valence-corrected chi connectivity index (χ0v) is 9.34. The Morgan fingerprint density at radius 2 is 1.86 bits per heavy atom. The third kappa shape index (κ3) is 2.51. The zero-order chi connectivity index (χ0) is 10.4. The van der Waals surface area contributed by atoms with Gasteiger partial charge in [0.2, 0.25) is 0 Å². The molecule has 0 aliphatic carbocycles. The van der Waals surface area contributed by atoms with Gasteiger partial charge < -0.3 is 15.0 Å². The molecule has 0 bridgehead atoms. The Bertz CT molecular complexity index is 227. The van der Waals surface area contributed by atoms with Crippen molar-refractivity contribution in [1.29, 1.82) is 0 Å². The lowest BCUT2D eigenvalue weighted by atomic mass is 10.2. The van der Waals surface area contributed by atoms with Gasteiger partial charge >= 0.3 is 0 Å². The quantitative estimate of drug-likeness (QED) is 0.544. The molecule has 0 amide bonds. The molecule has 0 spiro atoms. The van der Waals surface area contributed by atoms with E-state index in [-0.39, 0.29) is 0 Å². The maximum Gasteiger partial charge on any atom is 0.137 e. The molecular weight excluding hydrogens is 176 g/mol. The van der Waals surface area contributed by atoms with Crippen LogP contribution in [-0.4, -0.2) is 38.2 Å². The minimum absolute atomic E-state index is 0.967. The predicted octanol–water partition coefficient (Wildman–Crippen LogP) is 1.35. The largest absolute Gasteiger partial charge is 0.495 e. The second kappa shape index (κ2) is 5.70. The highest BCUT2D eigenvalue weighted by Gasteiger charge is 2.15. The van der Waals surface area contributed by atoms with Gasteiger partial charge in [0.05, 0.1) is 12.8 Å². The number of piperazine rings is 1. The number of methoxy groups -OCH3 is 1. The van der Waals surface area contributed by atoms with Crippen LogP contribution in [-0.2, 0) is 4.74 Å². The van der Waals surface area contributed by atoms with E-state index in [9.17, 15) is 0 Å². The third-order valence-corrected chi connectivity index (χ3v) is 2.47. The van der Waals surface area contributed by atoms with Crippen LogP contribution >= 0.6 is 0 Å². The normalized spacial score (nSPS) is 19.8. The molecule has 0 unspecified atom stereocenters. The molecular formula is C11H20N2O. The van der Waals surface area contributed by atoms with E-state index in [2.05, 4.69) is 23.2 Å². The Morgan fingerprint density at radius 3 is 2.29 bits per heavy atom. The number of hydrogen-bond donors (Lipinski definition) is 1. The fourth-order valence-electron chi connectivity index (χ4n) is 1.76. The van der Waals surface area contributed by atoms with Gasteiger partial charge in [0, 0.05) is 26.2 Å². The van der Waals surface area contributed by atoms with E-state index in [0.717, 1.165) is 31.9 Å². The molecule has 1 aliphatic heterocycles. The van der Waals surface area contributed by atoms with Crippen molar-refractivity contribution in [3.63, 3.8) is 0 Å². The van der Waals surface area contributed by atoms with Gasteiger partial charge in [0.1, 0.15) is 5.76 Å². The standard InChI is InChI=1S/C11H20N2O/c1-4-10(11(5-2)14-3)13-8-6-12-7-9-13/h4-5,12H,6-9H2,1-3H3. The molecule has 1 rings (SSSR count). The number of allylic oxidation sites excluding steroid dienone is 2. The van der Waals surface area contributed by atoms with Crippen molar-refractivity contribution < 1.29 is 4.74 Å². The molecule has 0 aromatic rings. The second-order valence-electron chi connectivity index (χ2n) is 3.27. The number of rotatable bonds is 3. The molecule has 1 aliphatic rings. The summed E-state index contributed by atoms with van der Waals surface area (Å²) in [6, 6.07) is 0. The fraction of sp³-hybridized carbons (Fsp3) is 0.636. The topological polar surface area (TPSA) is 24.5 Å². The van der Waals surface area contributed by atoms with Gasteiger partial charge in [0.15, 0.2) is 0 Å². The van der Waals surface area contributed by atoms with Crippen LogP contribution in [0.25, 0.3) is 0 Å². The van der Waals surface area contributed by atoms with Crippen molar-refractivity contribution in [2.45, 2.75) is 13.8 Å². The zero-order valence-electron chi connectivity index (χ0n) is 9.34. The van der Waals surface area contributed by atoms with E-state index in [1.165, 1.54) is 5.70 Å². The molecule has 1 fully saturated rings. The van der Waals surface area contributed by atoms with Gasteiger partial charge in [-0.3, -0.25) is 0 Å². The van der Waals surface area contributed by atoms with Crippen molar-refractivity contribution >= 4 is 0 Å². The summed E-state index contributed by atoms with van der Waals surface area (Å²) in [5.74, 6) is 0.967. The minimum atomic E-state index is 0.967. The van der Waals surface area contributed by atoms with Gasteiger partial charge in [-0.1, -0.05) is 6.08 Å². The Hall–Kier alpha value is -0.960. The first-order valence-corrected chi connectivity index (χ1v) is 5.16. The van der Waals surface area contributed by atoms with E-state index < -0.39 is 0 Å². The van der Waals surface area contributed by atoms with Gasteiger partial charge in [-0.05, 0) is 19.9 Å². The molecule has 0 radical (unpaired) electrons. The summed E-state index contributed by atoms with van der Waals surface area (Å²) in [5.41, 5.74) is 1.21. The van der Waals surface area contributed by atoms with Gasteiger partial charge in [0.25, 0.3) is 0 Å². The molecule has 3 nitrogen and oxygen atoms in total. The summed E-state index contributed by atoms with van der Waals surface area (Å²) in [6.07, 6.45) is 4.13. The molecule has 14 heavy (non-hydrogen) atoms. The fourth-order valence-corrected chi connectivity index (χ4v) is 1.76. The number of nitrogens with zero attached hydrogens (tertiary/aromatic N) is 1. The number of nitrogens with one attached hydrogen (secondary N) is 1. The lowest BCUT2D eigenvalue weighted by Gasteiger charge is -2.32. The Morgan fingerprint density at radius 1 is 1.21 bits per heavy atom. The maximum atomic E-state index is 5.34. The molecule has 0 atom stereocenters. The lowest BCUT2D eigenvalue weighted by Crippen LogP contribution is -2.43. The van der Waals surface area contributed by atoms with Gasteiger partial charge in [-0.15, -0.1) is 0 Å². The summed E-state index contributed by atoms with van der Waals surface area (Å²) >= 11 is 0. The molecule has 0 saturated carbocycles. The minimum Gasteiger partial charge on any atom is -0.495 e. The molecule has 1 N–H and O–H groups in total. The Labute approximate surface area is 86.4 Å². The maximum absolute atomic E-state index is 5.34. The summed E-state index contributed by atoms with van der Waals surface area (Å²) < 4.78 is 5.34. The van der Waals surface area contributed by atoms with Gasteiger partial charge in [-0.25, -0.2) is 0 Å². The van der Waals surface area contributed by atoms with Crippen molar-refractivity contribution in [2.24, 2.45) is 0 Å². The highest BCUT2D eigenvalue weighted by molar-refractivity contribution is 5.24. The van der Waals surface area contributed by atoms with Crippen LogP contribution in [0.5, 0.6) is 0 Å². The second-order valence-corrected chi connectivity index (χ2v) is 3.27. The summed E-state index contributed by atoms with van der Waals surface area (Å²) in [5, 5.41) is 3.34. The van der Waals surface area contributed by atoms with Crippen molar-refractivity contribution in [1.82, 2.24) is 10.2 Å². The highest BCUT2D eigenvalue weighted by atomic mass is 16.5. The molecule has 3 heteroatoms. The van der Waals surface area contributed by atoms with Crippen LogP contribution in [0.2, 0.25) is 0 Å². The lowest BCUT2D eigenvalue weighted by molar-refractivity contribution is 0.239. The molecule has 0 aromatic carbocycles. The SMILES string of the molecule is CC=C(OC)C(=CC)N1CCNCC1. The average Bonchev–Trinajstić information content (AvgIpc) is 2.27. The smallest absolute Gasteiger partial charge is 0.137 e. The summed E-state index contributed by atoms with van der Waals surface area (Å²) in [7, 11) is 1.72. The van der Waals surface area contributed by atoms with E-state index in [1.807, 2.05) is 13.0 Å². The molecule has 1 heterocycles. The molecule has 0 aromatic heterocycles. The number of hydrogen-bond acceptors (Lipinski definition) is 3. The summed E-state index contributed by atoms with van der Waals surface area (Å²) in [4.78, 5) is 2.36. The Balaban J connectivity index is 2.70. The van der Waals surface area contributed by atoms with Crippen molar-refractivity contribution in [3.05, 3.63) is 23.6 Å². The molecule has 80 valence electrons. The van der Waals surface area contributed by atoms with Crippen LogP contribution in [0.15, 0.2) is 23.6 Å². The predicted molar refractivity (Wildman–Crippen MR) is 59.0 cm³/mol. The third-order valence-electron chi connectivity index (χ3n) is 2.47. The first-order valence-electron chi connectivity index (χ1n) is 5.16. The Kier molecular flexibility index (Phi) is 4.53. The van der Waals surface area contributed by atoms with E-state index in [1.54, 1.807) is 7.11 Å². The first-order chi connectivity index (χ1) is 6.83. The van der Waals surface area contributed by atoms with E-state index in [0.29, 0.717) is 0 Å². The van der Waals surface area contributed by atoms with Crippen LogP contribution in [0, 0.1) is 0 Å². The van der Waals surface area contributed by atoms with Crippen LogP contribution in [0.3, 0.4) is 0 Å². The van der Waals surface area contributed by atoms with Crippen molar-refractivity contribution in [3.8, 4) is 0 Å². The molecule has 1 saturated heterocycles.